The molecule has 1 heterocycles. The Hall–Kier alpha value is -1.49. The summed E-state index contributed by atoms with van der Waals surface area (Å²) in [5.41, 5.74) is 0.994. The lowest BCUT2D eigenvalue weighted by Crippen LogP contribution is -2.16. The summed E-state index contributed by atoms with van der Waals surface area (Å²) in [6.45, 7) is 3.50. The lowest BCUT2D eigenvalue weighted by atomic mass is 10.1. The number of hydrogen-bond donors (Lipinski definition) is 2. The summed E-state index contributed by atoms with van der Waals surface area (Å²) in [4.78, 5) is 10.8. The van der Waals surface area contributed by atoms with Gasteiger partial charge in [-0.15, -0.1) is 5.10 Å². The molecule has 1 aromatic heterocycles. The molecule has 0 aromatic carbocycles. The molecule has 0 saturated carbocycles. The molecule has 0 aliphatic carbocycles. The SMILES string of the molecule is CC(C)c1cnnc(NC(=O)CO)c1. The molecule has 0 aliphatic rings. The number of amides is 1. The molecule has 0 bridgehead atoms. The monoisotopic (exact) mass is 195 g/mol. The Morgan fingerprint density at radius 2 is 2.36 bits per heavy atom. The Balaban J connectivity index is 2.78. The smallest absolute Gasteiger partial charge is 0.251 e. The predicted octanol–water partition coefficient (Wildman–Crippen LogP) is 0.531. The van der Waals surface area contributed by atoms with Gasteiger partial charge in [-0.3, -0.25) is 4.79 Å². The van der Waals surface area contributed by atoms with Crippen LogP contribution in [0.15, 0.2) is 12.3 Å². The number of carbonyl (C=O) groups is 1. The fourth-order valence-corrected chi connectivity index (χ4v) is 0.941. The van der Waals surface area contributed by atoms with Gasteiger partial charge in [0.05, 0.1) is 6.20 Å². The summed E-state index contributed by atoms with van der Waals surface area (Å²) in [7, 11) is 0. The number of hydrogen-bond acceptors (Lipinski definition) is 4. The Morgan fingerprint density at radius 1 is 1.64 bits per heavy atom. The Kier molecular flexibility index (Phi) is 3.53. The first kappa shape index (κ1) is 10.6. The van der Waals surface area contributed by atoms with Crippen molar-refractivity contribution in [2.45, 2.75) is 19.8 Å². The van der Waals surface area contributed by atoms with Crippen LogP contribution in [0.3, 0.4) is 0 Å². The number of aliphatic hydroxyl groups is 1. The third-order valence-corrected chi connectivity index (χ3v) is 1.75. The van der Waals surface area contributed by atoms with Crippen LogP contribution in [-0.2, 0) is 4.79 Å². The molecule has 76 valence electrons. The number of rotatable bonds is 3. The van der Waals surface area contributed by atoms with E-state index in [0.29, 0.717) is 11.7 Å². The second kappa shape index (κ2) is 4.66. The molecule has 0 unspecified atom stereocenters. The summed E-state index contributed by atoms with van der Waals surface area (Å²) >= 11 is 0. The maximum Gasteiger partial charge on any atom is 0.251 e. The number of nitrogens with one attached hydrogen (secondary N) is 1. The van der Waals surface area contributed by atoms with Gasteiger partial charge in [0.25, 0.3) is 5.91 Å². The number of carbonyl (C=O) groups excluding carboxylic acids is 1. The van der Waals surface area contributed by atoms with Crippen LogP contribution in [0.2, 0.25) is 0 Å². The third kappa shape index (κ3) is 2.77. The first-order chi connectivity index (χ1) is 6.63. The van der Waals surface area contributed by atoms with Crippen molar-refractivity contribution in [3.05, 3.63) is 17.8 Å². The lowest BCUT2D eigenvalue weighted by Gasteiger charge is -2.06. The van der Waals surface area contributed by atoms with Crippen molar-refractivity contribution >= 4 is 11.7 Å². The topological polar surface area (TPSA) is 75.1 Å². The van der Waals surface area contributed by atoms with E-state index in [4.69, 9.17) is 5.11 Å². The van der Waals surface area contributed by atoms with Gasteiger partial charge in [0.15, 0.2) is 5.82 Å². The largest absolute Gasteiger partial charge is 0.387 e. The minimum atomic E-state index is -0.548. The van der Waals surface area contributed by atoms with Crippen LogP contribution in [0.4, 0.5) is 5.82 Å². The van der Waals surface area contributed by atoms with Crippen molar-refractivity contribution in [2.75, 3.05) is 11.9 Å². The van der Waals surface area contributed by atoms with E-state index in [9.17, 15) is 4.79 Å². The molecule has 14 heavy (non-hydrogen) atoms. The van der Waals surface area contributed by atoms with Crippen molar-refractivity contribution in [2.24, 2.45) is 0 Å². The van der Waals surface area contributed by atoms with Gasteiger partial charge >= 0.3 is 0 Å². The van der Waals surface area contributed by atoms with Crippen molar-refractivity contribution in [3.8, 4) is 0 Å². The molecule has 0 atom stereocenters. The molecular weight excluding hydrogens is 182 g/mol. The molecule has 5 nitrogen and oxygen atoms in total. The Bertz CT molecular complexity index is 326. The minimum absolute atomic E-state index is 0.329. The van der Waals surface area contributed by atoms with Gasteiger partial charge in [0.1, 0.15) is 6.61 Å². The molecule has 0 fully saturated rings. The highest BCUT2D eigenvalue weighted by Crippen LogP contribution is 2.14. The highest BCUT2D eigenvalue weighted by Gasteiger charge is 2.04. The molecule has 1 rings (SSSR count). The van der Waals surface area contributed by atoms with Crippen LogP contribution in [-0.4, -0.2) is 27.8 Å². The highest BCUT2D eigenvalue weighted by molar-refractivity contribution is 5.90. The zero-order chi connectivity index (χ0) is 10.6. The molecule has 1 amide bonds. The number of anilines is 1. The van der Waals surface area contributed by atoms with Crippen LogP contribution in [0.5, 0.6) is 0 Å². The van der Waals surface area contributed by atoms with Crippen LogP contribution in [0.25, 0.3) is 0 Å². The molecule has 0 radical (unpaired) electrons. The quantitative estimate of drug-likeness (QED) is 0.737. The predicted molar refractivity (Wildman–Crippen MR) is 51.8 cm³/mol. The zero-order valence-corrected chi connectivity index (χ0v) is 8.19. The summed E-state index contributed by atoms with van der Waals surface area (Å²) in [6, 6.07) is 1.74. The minimum Gasteiger partial charge on any atom is -0.387 e. The van der Waals surface area contributed by atoms with Crippen LogP contribution in [0, 0.1) is 0 Å². The maximum absolute atomic E-state index is 10.8. The van der Waals surface area contributed by atoms with E-state index >= 15 is 0 Å². The zero-order valence-electron chi connectivity index (χ0n) is 8.19. The summed E-state index contributed by atoms with van der Waals surface area (Å²) in [5.74, 6) is 0.214. The molecular formula is C9H13N3O2. The Labute approximate surface area is 82.2 Å². The van der Waals surface area contributed by atoms with E-state index in [0.717, 1.165) is 5.56 Å². The fraction of sp³-hybridized carbons (Fsp3) is 0.444. The van der Waals surface area contributed by atoms with Gasteiger partial charge in [-0.25, -0.2) is 0 Å². The second-order valence-corrected chi connectivity index (χ2v) is 3.24. The van der Waals surface area contributed by atoms with Gasteiger partial charge in [0, 0.05) is 0 Å². The van der Waals surface area contributed by atoms with E-state index in [-0.39, 0.29) is 0 Å². The van der Waals surface area contributed by atoms with Gasteiger partial charge in [-0.05, 0) is 17.5 Å². The third-order valence-electron chi connectivity index (χ3n) is 1.75. The normalized spacial score (nSPS) is 10.3. The fourth-order valence-electron chi connectivity index (χ4n) is 0.941. The van der Waals surface area contributed by atoms with E-state index in [1.165, 1.54) is 0 Å². The Morgan fingerprint density at radius 3 is 2.93 bits per heavy atom. The van der Waals surface area contributed by atoms with Crippen molar-refractivity contribution in [1.82, 2.24) is 10.2 Å². The molecule has 2 N–H and O–H groups in total. The second-order valence-electron chi connectivity index (χ2n) is 3.24. The summed E-state index contributed by atoms with van der Waals surface area (Å²) in [5, 5.41) is 18.4. The number of nitrogens with zero attached hydrogens (tertiary/aromatic N) is 2. The van der Waals surface area contributed by atoms with Crippen LogP contribution >= 0.6 is 0 Å². The lowest BCUT2D eigenvalue weighted by molar-refractivity contribution is -0.118. The first-order valence-electron chi connectivity index (χ1n) is 4.37. The summed E-state index contributed by atoms with van der Waals surface area (Å²) < 4.78 is 0. The molecule has 5 heteroatoms. The average Bonchev–Trinajstić information content (AvgIpc) is 2.18. The molecule has 0 aliphatic heterocycles. The highest BCUT2D eigenvalue weighted by atomic mass is 16.3. The summed E-state index contributed by atoms with van der Waals surface area (Å²) in [6.07, 6.45) is 1.65. The maximum atomic E-state index is 10.8. The van der Waals surface area contributed by atoms with Gasteiger partial charge in [-0.1, -0.05) is 13.8 Å². The molecule has 1 aromatic rings. The van der Waals surface area contributed by atoms with Gasteiger partial charge < -0.3 is 10.4 Å². The van der Waals surface area contributed by atoms with E-state index in [1.54, 1.807) is 12.3 Å². The standard InChI is InChI=1S/C9H13N3O2/c1-6(2)7-3-8(12-10-4-7)11-9(14)5-13/h3-4,6,13H,5H2,1-2H3,(H,11,12,14). The van der Waals surface area contributed by atoms with Crippen molar-refractivity contribution in [3.63, 3.8) is 0 Å². The number of aromatic nitrogens is 2. The van der Waals surface area contributed by atoms with Crippen LogP contribution in [0.1, 0.15) is 25.3 Å². The van der Waals surface area contributed by atoms with Crippen molar-refractivity contribution < 1.29 is 9.90 Å². The van der Waals surface area contributed by atoms with Crippen LogP contribution < -0.4 is 5.32 Å². The van der Waals surface area contributed by atoms with E-state index in [2.05, 4.69) is 15.5 Å². The number of aliphatic hydroxyl groups excluding tert-OH is 1. The van der Waals surface area contributed by atoms with E-state index in [1.807, 2.05) is 13.8 Å². The molecule has 0 saturated heterocycles. The molecule has 0 spiro atoms. The van der Waals surface area contributed by atoms with E-state index < -0.39 is 12.5 Å². The van der Waals surface area contributed by atoms with Gasteiger partial charge in [0.2, 0.25) is 0 Å². The van der Waals surface area contributed by atoms with Crippen molar-refractivity contribution in [1.29, 1.82) is 0 Å². The average molecular weight is 195 g/mol. The first-order valence-corrected chi connectivity index (χ1v) is 4.37. The van der Waals surface area contributed by atoms with Gasteiger partial charge in [-0.2, -0.15) is 5.10 Å².